The molecule has 0 bridgehead atoms. The van der Waals surface area contributed by atoms with Gasteiger partial charge in [-0.05, 0) is 141 Å². The fraction of sp³-hybridized carbons (Fsp3) is 0.0738. The maximum atomic E-state index is 5.34. The molecule has 0 atom stereocenters. The van der Waals surface area contributed by atoms with Crippen LogP contribution in [0, 0.1) is 0 Å². The average Bonchev–Trinajstić information content (AvgIpc) is 1.55. The molecule has 626 valence electrons. The summed E-state index contributed by atoms with van der Waals surface area (Å²) in [6, 6.07) is 146. The second kappa shape index (κ2) is 31.6. The maximum absolute atomic E-state index is 5.34. The Bertz CT molecular complexity index is 8370. The van der Waals surface area contributed by atoms with Crippen molar-refractivity contribution in [1.82, 2.24) is 44.0 Å². The predicted octanol–water partition coefficient (Wildman–Crippen LogP) is 31.3. The van der Waals surface area contributed by atoms with Crippen molar-refractivity contribution in [3.63, 3.8) is 0 Å². The topological polar surface area (TPSA) is 100 Å². The minimum absolute atomic E-state index is 0.218. The first kappa shape index (κ1) is 79.2. The van der Waals surface area contributed by atoms with E-state index in [4.69, 9.17) is 34.9 Å². The van der Waals surface area contributed by atoms with Crippen molar-refractivity contribution in [2.24, 2.45) is 0 Å². The van der Waals surface area contributed by atoms with E-state index in [0.717, 1.165) is 96.3 Å². The number of thiophene rings is 1. The third-order valence-corrected chi connectivity index (χ3v) is 28.6. The predicted molar refractivity (Wildman–Crippen MR) is 547 cm³/mol. The minimum atomic E-state index is -0.224. The van der Waals surface area contributed by atoms with E-state index in [9.17, 15) is 0 Å². The molecule has 16 aromatic carbocycles. The summed E-state index contributed by atoms with van der Waals surface area (Å²) in [6.07, 6.45) is 1.83. The third kappa shape index (κ3) is 13.1. The lowest BCUT2D eigenvalue weighted by Crippen LogP contribution is -2.17. The van der Waals surface area contributed by atoms with Crippen LogP contribution in [0.25, 0.3) is 210 Å². The Labute approximate surface area is 770 Å². The molecular weight excluding hydrogens is 1620 g/mol. The second-order valence-corrected chi connectivity index (χ2v) is 37.2. The van der Waals surface area contributed by atoms with Gasteiger partial charge >= 0.3 is 0 Å². The molecule has 7 heterocycles. The zero-order chi connectivity index (χ0) is 88.5. The van der Waals surface area contributed by atoms with Crippen molar-refractivity contribution < 1.29 is 0 Å². The highest BCUT2D eigenvalue weighted by atomic mass is 32.1. The summed E-state index contributed by atoms with van der Waals surface area (Å²) in [5.41, 5.74) is 36.6. The zero-order valence-corrected chi connectivity index (χ0v) is 74.6. The summed E-state index contributed by atoms with van der Waals surface area (Å²) >= 11 is 1.86. The molecule has 26 rings (SSSR count). The molecule has 0 amide bonds. The van der Waals surface area contributed by atoms with Crippen LogP contribution in [0.15, 0.2) is 419 Å². The lowest BCUT2D eigenvalue weighted by atomic mass is 9.80. The van der Waals surface area contributed by atoms with E-state index in [1.807, 2.05) is 35.7 Å². The molecule has 0 aliphatic heterocycles. The van der Waals surface area contributed by atoms with Gasteiger partial charge < -0.3 is 9.13 Å². The quantitative estimate of drug-likeness (QED) is 0.127. The monoisotopic (exact) mass is 1710 g/mol. The van der Waals surface area contributed by atoms with E-state index >= 15 is 0 Å². The van der Waals surface area contributed by atoms with E-state index in [0.29, 0.717) is 5.82 Å². The lowest BCUT2D eigenvalue weighted by molar-refractivity contribution is 0.657. The van der Waals surface area contributed by atoms with Gasteiger partial charge in [-0.2, -0.15) is 0 Å². The molecule has 9 nitrogen and oxygen atoms in total. The fourth-order valence-electron chi connectivity index (χ4n) is 20.9. The highest BCUT2D eigenvalue weighted by molar-refractivity contribution is 7.26. The summed E-state index contributed by atoms with van der Waals surface area (Å²) in [6.45, 7) is 13.7. The van der Waals surface area contributed by atoms with Crippen LogP contribution in [0.4, 0.5) is 0 Å². The Morgan fingerprint density at radius 3 is 0.917 bits per heavy atom. The van der Waals surface area contributed by atoms with Crippen molar-refractivity contribution in [1.29, 1.82) is 0 Å². The lowest BCUT2D eigenvalue weighted by Gasteiger charge is -2.24. The maximum Gasteiger partial charge on any atom is 0.160 e. The van der Waals surface area contributed by atoms with Gasteiger partial charge in [-0.1, -0.05) is 363 Å². The van der Waals surface area contributed by atoms with Crippen molar-refractivity contribution in [2.45, 2.75) is 57.8 Å². The summed E-state index contributed by atoms with van der Waals surface area (Å²) < 4.78 is 7.32. The van der Waals surface area contributed by atoms with Crippen LogP contribution in [0.2, 0.25) is 0 Å². The first-order valence-corrected chi connectivity index (χ1v) is 46.1. The van der Waals surface area contributed by atoms with Crippen LogP contribution < -0.4 is 0 Å². The van der Waals surface area contributed by atoms with Crippen LogP contribution in [0.1, 0.15) is 74.9 Å². The van der Waals surface area contributed by atoms with Gasteiger partial charge in [0, 0.05) is 137 Å². The Morgan fingerprint density at radius 2 is 0.508 bits per heavy atom. The molecule has 23 aromatic rings. The summed E-state index contributed by atoms with van der Waals surface area (Å²) in [7, 11) is 0. The number of fused-ring (bicyclic) bond motifs is 18. The Balaban J connectivity index is 0.000000110. The molecule has 10 heteroatoms. The number of nitrogens with zero attached hydrogens (tertiary/aromatic N) is 9. The van der Waals surface area contributed by atoms with Gasteiger partial charge in [-0.15, -0.1) is 11.3 Å². The van der Waals surface area contributed by atoms with Crippen molar-refractivity contribution in [2.75, 3.05) is 0 Å². The second-order valence-electron chi connectivity index (χ2n) is 36.2. The first-order valence-electron chi connectivity index (χ1n) is 45.2. The van der Waals surface area contributed by atoms with Crippen molar-refractivity contribution in [3.8, 4) is 147 Å². The number of rotatable bonds is 11. The molecule has 3 aliphatic rings. The zero-order valence-electron chi connectivity index (χ0n) is 73.8. The fourth-order valence-corrected chi connectivity index (χ4v) is 22.2. The Hall–Kier alpha value is -16.3. The Kier molecular flexibility index (Phi) is 18.9. The van der Waals surface area contributed by atoms with Crippen LogP contribution in [0.5, 0.6) is 0 Å². The van der Waals surface area contributed by atoms with Gasteiger partial charge in [0.05, 0.1) is 61.9 Å². The summed E-state index contributed by atoms with van der Waals surface area (Å²) in [5.74, 6) is 2.20. The summed E-state index contributed by atoms with van der Waals surface area (Å²) in [4.78, 5) is 36.3. The molecule has 0 saturated carbocycles. The molecule has 132 heavy (non-hydrogen) atoms. The van der Waals surface area contributed by atoms with E-state index in [1.54, 1.807) is 0 Å². The minimum Gasteiger partial charge on any atom is -0.309 e. The number of aromatic nitrogens is 9. The normalized spacial score (nSPS) is 13.3. The third-order valence-electron chi connectivity index (χ3n) is 27.4. The van der Waals surface area contributed by atoms with Crippen molar-refractivity contribution >= 4 is 75.1 Å². The van der Waals surface area contributed by atoms with E-state index in [1.165, 1.54) is 142 Å². The molecular formula is C122H87N9S. The van der Waals surface area contributed by atoms with E-state index in [-0.39, 0.29) is 16.2 Å². The molecule has 0 saturated heterocycles. The Morgan fingerprint density at radius 1 is 0.212 bits per heavy atom. The van der Waals surface area contributed by atoms with Gasteiger partial charge in [-0.25, -0.2) is 29.9 Å². The van der Waals surface area contributed by atoms with Gasteiger partial charge in [-0.3, -0.25) is 4.98 Å². The van der Waals surface area contributed by atoms with Crippen LogP contribution in [-0.2, 0) is 16.2 Å². The molecule has 0 fully saturated rings. The number of pyridine rings is 1. The molecule has 0 N–H and O–H groups in total. The van der Waals surface area contributed by atoms with E-state index in [2.05, 4.69) is 445 Å². The van der Waals surface area contributed by atoms with Gasteiger partial charge in [0.1, 0.15) is 0 Å². The number of hydrogen-bond donors (Lipinski definition) is 0. The highest BCUT2D eigenvalue weighted by Crippen LogP contribution is 2.56. The first-order chi connectivity index (χ1) is 64.7. The van der Waals surface area contributed by atoms with Crippen molar-refractivity contribution in [3.05, 3.63) is 452 Å². The SMILES string of the molecule is CC1(C)c2ccccc2-c2nc(-c3ccc(-c4cccc5c4sc4ccccc45)cc3)nc(-c3ccc(-c4ccccc4)cc3)c21.CC1(C)c2ccccc2-c2nc(-c3ccc(-n4c5ccccc5c5ccccc54)cc3)nc(-c3ccc(-c4ccccc4)cc3)c21.CC1(C)c2ccccc2-c2nc(-c3ccc(-n4c5ccccc5c5ccccc54)cc3)nc(-c3ccccn3)c21. The molecule has 7 aromatic heterocycles. The smallest absolute Gasteiger partial charge is 0.160 e. The van der Waals surface area contributed by atoms with Crippen LogP contribution in [-0.4, -0.2) is 44.0 Å². The molecule has 0 spiro atoms. The van der Waals surface area contributed by atoms with Crippen LogP contribution >= 0.6 is 11.3 Å². The molecule has 0 unspecified atom stereocenters. The van der Waals surface area contributed by atoms with Gasteiger partial charge in [0.15, 0.2) is 17.5 Å². The van der Waals surface area contributed by atoms with Crippen LogP contribution in [0.3, 0.4) is 0 Å². The average molecular weight is 1710 g/mol. The standard InChI is InChI=1S/C43H31N3.C43H30N2S.C36H26N4/c1-43(2)36-17-9-6-16-35(36)41-39(43)40(30-22-20-29(21-23-30)28-12-4-3-5-13-28)44-42(45-41)31-24-26-32(27-25-31)46-37-18-10-7-14-33(37)34-15-8-11-19-38(34)46;1-43(2)36-17-8-6-14-35(36)40-38(43)39(30-23-19-28(20-24-30)27-11-4-3-5-12-27)44-42(45-40)31-25-21-29(22-26-31)32-15-10-16-34-33-13-7-9-18-37(33)46-41(32)34;1-36(2)28-14-6-3-13-27(28)33-32(36)34(29-15-9-10-22-37-29)39-35(38-33)23-18-20-24(21-19-23)40-30-16-7-4-11-25(30)26-12-5-8-17-31(26)40/h3-27H,1-2H3;3-26H,1-2H3;3-22H,1-2H3. The molecule has 0 radical (unpaired) electrons. The molecule has 3 aliphatic carbocycles. The highest BCUT2D eigenvalue weighted by Gasteiger charge is 2.43. The number of hydrogen-bond acceptors (Lipinski definition) is 8. The number of benzene rings is 16. The van der Waals surface area contributed by atoms with Gasteiger partial charge in [0.25, 0.3) is 0 Å². The largest absolute Gasteiger partial charge is 0.309 e. The number of para-hydroxylation sites is 4. The van der Waals surface area contributed by atoms with E-state index < -0.39 is 0 Å². The van der Waals surface area contributed by atoms with Gasteiger partial charge in [0.2, 0.25) is 0 Å². The summed E-state index contributed by atoms with van der Waals surface area (Å²) in [5, 5.41) is 7.66.